The number of carbonyl (C=O) groups is 1. The molecule has 0 spiro atoms. The lowest BCUT2D eigenvalue weighted by atomic mass is 10.0. The Balaban J connectivity index is 2.44. The van der Waals surface area contributed by atoms with E-state index in [-0.39, 0.29) is 10.3 Å². The van der Waals surface area contributed by atoms with Crippen molar-refractivity contribution in [3.8, 4) is 0 Å². The topological polar surface area (TPSA) is 109 Å². The largest absolute Gasteiger partial charge is 0.399 e. The molecule has 0 radical (unpaired) electrons. The van der Waals surface area contributed by atoms with E-state index < -0.39 is 6.10 Å². The van der Waals surface area contributed by atoms with Gasteiger partial charge in [-0.2, -0.15) is 4.91 Å². The summed E-state index contributed by atoms with van der Waals surface area (Å²) >= 11 is 1.63. The van der Waals surface area contributed by atoms with Crippen LogP contribution in [0.4, 0.5) is 5.69 Å². The van der Waals surface area contributed by atoms with Crippen LogP contribution in [0.25, 0.3) is 0 Å². The van der Waals surface area contributed by atoms with E-state index in [9.17, 15) is 14.8 Å². The zero-order valence-corrected chi connectivity index (χ0v) is 12.5. The average Bonchev–Trinajstić information content (AvgIpc) is 2.82. The molecule has 4 N–H and O–H groups in total. The summed E-state index contributed by atoms with van der Waals surface area (Å²) in [5.74, 6) is 0. The van der Waals surface area contributed by atoms with Crippen molar-refractivity contribution in [1.82, 2.24) is 4.98 Å². The smallest absolute Gasteiger partial charge is 0.238 e. The number of nitrogen functional groups attached to an aromatic ring is 1. The van der Waals surface area contributed by atoms with Gasteiger partial charge >= 0.3 is 0 Å². The number of nitrogens with one attached hydrogen (secondary N) is 1. The number of nitrogens with two attached hydrogens (primary N) is 1. The number of rotatable bonds is 5. The molecule has 1 aromatic carbocycles. The Kier molecular flexibility index (Phi) is 4.50. The van der Waals surface area contributed by atoms with Gasteiger partial charge in [-0.3, -0.25) is 4.79 Å². The predicted octanol–water partition coefficient (Wildman–Crippen LogP) is 2.52. The molecule has 1 unspecified atom stereocenters. The number of benzene rings is 1. The van der Waals surface area contributed by atoms with E-state index in [1.165, 1.54) is 6.07 Å². The third kappa shape index (κ3) is 3.05. The van der Waals surface area contributed by atoms with E-state index in [4.69, 9.17) is 5.73 Å². The van der Waals surface area contributed by atoms with Gasteiger partial charge in [-0.25, -0.2) is 0 Å². The van der Waals surface area contributed by atoms with E-state index in [0.29, 0.717) is 28.2 Å². The van der Waals surface area contributed by atoms with E-state index in [1.54, 1.807) is 46.9 Å². The van der Waals surface area contributed by atoms with Gasteiger partial charge in [0, 0.05) is 39.5 Å². The minimum atomic E-state index is -0.976. The van der Waals surface area contributed by atoms with Crippen LogP contribution in [0.1, 0.15) is 33.4 Å². The van der Waals surface area contributed by atoms with E-state index in [0.717, 1.165) is 0 Å². The zero-order valence-electron chi connectivity index (χ0n) is 10.3. The average molecular weight is 385 g/mol. The van der Waals surface area contributed by atoms with Gasteiger partial charge < -0.3 is 15.8 Å². The Morgan fingerprint density at radius 1 is 1.45 bits per heavy atom. The first-order chi connectivity index (χ1) is 9.52. The van der Waals surface area contributed by atoms with Crippen LogP contribution >= 0.6 is 22.6 Å². The molecule has 6 nitrogen and oxygen atoms in total. The molecule has 0 aliphatic heterocycles. The molecule has 104 valence electrons. The molecule has 2 rings (SSSR count). The molecule has 1 heterocycles. The molecular weight excluding hydrogens is 373 g/mol. The third-order valence-corrected chi connectivity index (χ3v) is 3.47. The maximum absolute atomic E-state index is 11.4. The fourth-order valence-electron chi connectivity index (χ4n) is 1.97. The van der Waals surface area contributed by atoms with E-state index in [2.05, 4.69) is 10.2 Å². The van der Waals surface area contributed by atoms with Gasteiger partial charge in [0.25, 0.3) is 0 Å². The summed E-state index contributed by atoms with van der Waals surface area (Å²) in [6.07, 6.45) is -0.976. The van der Waals surface area contributed by atoms with Crippen molar-refractivity contribution in [3.63, 3.8) is 0 Å². The molecule has 0 aliphatic rings. The Hall–Kier alpha value is -1.74. The van der Waals surface area contributed by atoms with E-state index >= 15 is 0 Å². The molecule has 0 fully saturated rings. The second-order valence-electron chi connectivity index (χ2n) is 4.25. The summed E-state index contributed by atoms with van der Waals surface area (Å²) in [6, 6.07) is 8.33. The molecule has 20 heavy (non-hydrogen) atoms. The fraction of sp³-hybridized carbons (Fsp3) is 0.154. The lowest BCUT2D eigenvalue weighted by Gasteiger charge is -2.11. The van der Waals surface area contributed by atoms with Gasteiger partial charge in [-0.05, 0) is 23.8 Å². The van der Waals surface area contributed by atoms with Crippen molar-refractivity contribution in [1.29, 1.82) is 0 Å². The highest BCUT2D eigenvalue weighted by molar-refractivity contribution is 14.1. The Morgan fingerprint density at radius 2 is 2.20 bits per heavy atom. The maximum atomic E-state index is 11.4. The first kappa shape index (κ1) is 14.7. The summed E-state index contributed by atoms with van der Waals surface area (Å²) in [5.41, 5.74) is 8.00. The number of aliphatic hydroxyl groups is 1. The van der Waals surface area contributed by atoms with Crippen LogP contribution in [0.5, 0.6) is 0 Å². The van der Waals surface area contributed by atoms with Crippen LogP contribution in [0.2, 0.25) is 0 Å². The van der Waals surface area contributed by atoms with Crippen molar-refractivity contribution in [2.24, 2.45) is 5.18 Å². The number of carbonyl (C=O) groups excluding carboxylic acids is 1. The number of aromatic amines is 1. The molecule has 0 bridgehead atoms. The Labute approximate surface area is 128 Å². The highest BCUT2D eigenvalue weighted by Crippen LogP contribution is 2.28. The van der Waals surface area contributed by atoms with Gasteiger partial charge in [0.05, 0.1) is 5.69 Å². The molecule has 0 saturated carbocycles. The fourth-order valence-corrected chi connectivity index (χ4v) is 2.26. The highest BCUT2D eigenvalue weighted by Gasteiger charge is 2.20. The molecule has 1 atom stereocenters. The summed E-state index contributed by atoms with van der Waals surface area (Å²) in [4.78, 5) is 24.6. The molecule has 0 amide bonds. The zero-order chi connectivity index (χ0) is 14.7. The highest BCUT2D eigenvalue weighted by atomic mass is 127. The van der Waals surface area contributed by atoms with Crippen LogP contribution in [0, 0.1) is 4.91 Å². The summed E-state index contributed by atoms with van der Waals surface area (Å²) in [7, 11) is 0. The summed E-state index contributed by atoms with van der Waals surface area (Å²) < 4.78 is -0.208. The maximum Gasteiger partial charge on any atom is 0.238 e. The second kappa shape index (κ2) is 6.14. The van der Waals surface area contributed by atoms with Crippen molar-refractivity contribution in [2.75, 3.05) is 5.73 Å². The molecular formula is C13H12IN3O3. The molecule has 2 aromatic rings. The van der Waals surface area contributed by atoms with Crippen LogP contribution in [0.3, 0.4) is 0 Å². The van der Waals surface area contributed by atoms with Crippen LogP contribution < -0.4 is 5.73 Å². The van der Waals surface area contributed by atoms with Crippen LogP contribution in [0.15, 0.2) is 35.5 Å². The van der Waals surface area contributed by atoms with Crippen LogP contribution in [-0.4, -0.2) is 13.9 Å². The third-order valence-electron chi connectivity index (χ3n) is 2.89. The molecule has 0 saturated heterocycles. The minimum absolute atomic E-state index is 0.140. The lowest BCUT2D eigenvalue weighted by molar-refractivity contribution is 0.110. The Bertz CT molecular complexity index is 654. The monoisotopic (exact) mass is 385 g/mol. The normalized spacial score (nSPS) is 12.1. The number of hydrogen-bond acceptors (Lipinski definition) is 5. The number of aliphatic hydroxyl groups excluding tert-OH is 1. The quantitative estimate of drug-likeness (QED) is 0.318. The number of nitroso groups, excluding NO2 is 1. The molecule has 1 aromatic heterocycles. The number of aromatic nitrogens is 1. The van der Waals surface area contributed by atoms with E-state index in [1.807, 2.05) is 0 Å². The lowest BCUT2D eigenvalue weighted by Crippen LogP contribution is -2.02. The first-order valence-corrected chi connectivity index (χ1v) is 6.85. The van der Waals surface area contributed by atoms with Gasteiger partial charge in [0.2, 0.25) is 3.79 Å². The second-order valence-corrected chi connectivity index (χ2v) is 5.23. The van der Waals surface area contributed by atoms with Crippen molar-refractivity contribution < 1.29 is 9.90 Å². The summed E-state index contributed by atoms with van der Waals surface area (Å²) in [6.45, 7) is -0.140. The minimum Gasteiger partial charge on any atom is -0.399 e. The summed E-state index contributed by atoms with van der Waals surface area (Å²) in [5, 5.41) is 13.2. The number of halogens is 1. The van der Waals surface area contributed by atoms with Crippen molar-refractivity contribution in [3.05, 3.63) is 57.8 Å². The van der Waals surface area contributed by atoms with Crippen LogP contribution in [-0.2, 0) is 6.54 Å². The predicted molar refractivity (Wildman–Crippen MR) is 83.6 cm³/mol. The number of hydrogen-bond donors (Lipinski definition) is 3. The van der Waals surface area contributed by atoms with Gasteiger partial charge in [-0.15, -0.1) is 0 Å². The number of H-pyrrole nitrogens is 1. The number of nitrogens with zero attached hydrogens (tertiary/aromatic N) is 1. The molecule has 7 heteroatoms. The van der Waals surface area contributed by atoms with Gasteiger partial charge in [0.15, 0.2) is 0 Å². The van der Waals surface area contributed by atoms with Gasteiger partial charge in [0.1, 0.15) is 12.6 Å². The SMILES string of the molecule is Nc1cccc(C(O)c2cc(C(=O)I)[nH]c2CN=O)c1. The number of anilines is 1. The van der Waals surface area contributed by atoms with Crippen molar-refractivity contribution in [2.45, 2.75) is 12.6 Å². The molecule has 0 aliphatic carbocycles. The van der Waals surface area contributed by atoms with Crippen molar-refractivity contribution >= 4 is 32.1 Å². The standard InChI is InChI=1S/C13H12IN3O3/c14-13(19)10-5-9(11(17-10)6-16-20)12(18)7-2-1-3-8(15)4-7/h1-5,12,17-18H,6,15H2. The van der Waals surface area contributed by atoms with Gasteiger partial charge in [-0.1, -0.05) is 17.3 Å². The first-order valence-electron chi connectivity index (χ1n) is 5.77. The Morgan fingerprint density at radius 3 is 2.80 bits per heavy atom.